The van der Waals surface area contributed by atoms with Gasteiger partial charge < -0.3 is 14.7 Å². The van der Waals surface area contributed by atoms with E-state index in [0.29, 0.717) is 0 Å². The Bertz CT molecular complexity index is 146. The van der Waals surface area contributed by atoms with Crippen LogP contribution >= 0.6 is 0 Å². The maximum atomic E-state index is 9.14. The molecule has 0 amide bonds. The molecular weight excluding hydrogens is 178 g/mol. The molecule has 0 heterocycles. The van der Waals surface area contributed by atoms with E-state index in [4.69, 9.17) is 9.84 Å². The molecule has 1 saturated carbocycles. The Balaban J connectivity index is 1.91. The Morgan fingerprint density at radius 1 is 1.43 bits per heavy atom. The van der Waals surface area contributed by atoms with Crippen molar-refractivity contribution in [3.63, 3.8) is 0 Å². The SMILES string of the molecule is CCOCCCN(C)CC1CC(O)C1. The summed E-state index contributed by atoms with van der Waals surface area (Å²) in [6.07, 6.45) is 3.09. The zero-order valence-electron chi connectivity index (χ0n) is 9.41. The Morgan fingerprint density at radius 3 is 2.71 bits per heavy atom. The highest BCUT2D eigenvalue weighted by Crippen LogP contribution is 2.27. The fraction of sp³-hybridized carbons (Fsp3) is 1.00. The summed E-state index contributed by atoms with van der Waals surface area (Å²) in [4.78, 5) is 2.34. The van der Waals surface area contributed by atoms with Crippen molar-refractivity contribution in [2.45, 2.75) is 32.3 Å². The van der Waals surface area contributed by atoms with Crippen molar-refractivity contribution in [2.75, 3.05) is 33.4 Å². The Kier molecular flexibility index (Phi) is 5.45. The van der Waals surface area contributed by atoms with Crippen molar-refractivity contribution in [3.8, 4) is 0 Å². The van der Waals surface area contributed by atoms with Crippen LogP contribution in [0.4, 0.5) is 0 Å². The number of aliphatic hydroxyl groups is 1. The first-order chi connectivity index (χ1) is 6.72. The monoisotopic (exact) mass is 201 g/mol. The predicted molar refractivity (Wildman–Crippen MR) is 57.3 cm³/mol. The molecule has 3 heteroatoms. The van der Waals surface area contributed by atoms with Crippen molar-refractivity contribution in [2.24, 2.45) is 5.92 Å². The van der Waals surface area contributed by atoms with Crippen LogP contribution in [0, 0.1) is 5.92 Å². The van der Waals surface area contributed by atoms with Crippen molar-refractivity contribution >= 4 is 0 Å². The summed E-state index contributed by atoms with van der Waals surface area (Å²) in [5, 5.41) is 9.14. The molecule has 14 heavy (non-hydrogen) atoms. The molecular formula is C11H23NO2. The largest absolute Gasteiger partial charge is 0.393 e. The molecule has 1 rings (SSSR count). The van der Waals surface area contributed by atoms with E-state index in [1.165, 1.54) is 0 Å². The van der Waals surface area contributed by atoms with Gasteiger partial charge in [0.1, 0.15) is 0 Å². The van der Waals surface area contributed by atoms with E-state index in [1.807, 2.05) is 6.92 Å². The molecule has 0 aromatic carbocycles. The fourth-order valence-electron chi connectivity index (χ4n) is 1.96. The topological polar surface area (TPSA) is 32.7 Å². The second kappa shape index (κ2) is 6.38. The van der Waals surface area contributed by atoms with E-state index in [1.54, 1.807) is 0 Å². The van der Waals surface area contributed by atoms with E-state index >= 15 is 0 Å². The molecule has 0 aliphatic heterocycles. The van der Waals surface area contributed by atoms with Crippen LogP contribution in [0.15, 0.2) is 0 Å². The lowest BCUT2D eigenvalue weighted by molar-refractivity contribution is 0.0269. The first-order valence-corrected chi connectivity index (χ1v) is 5.66. The van der Waals surface area contributed by atoms with Gasteiger partial charge in [-0.15, -0.1) is 0 Å². The third-order valence-electron chi connectivity index (χ3n) is 2.81. The standard InChI is InChI=1S/C11H23NO2/c1-3-14-6-4-5-12(2)9-10-7-11(13)8-10/h10-11,13H,3-9H2,1-2H3. The molecule has 0 atom stereocenters. The average molecular weight is 201 g/mol. The number of ether oxygens (including phenoxy) is 1. The van der Waals surface area contributed by atoms with Crippen LogP contribution in [-0.4, -0.2) is 49.5 Å². The zero-order chi connectivity index (χ0) is 10.4. The summed E-state index contributed by atoms with van der Waals surface area (Å²) in [6.45, 7) is 5.95. The highest BCUT2D eigenvalue weighted by Gasteiger charge is 2.27. The van der Waals surface area contributed by atoms with Gasteiger partial charge in [-0.1, -0.05) is 0 Å². The van der Waals surface area contributed by atoms with Gasteiger partial charge in [0.25, 0.3) is 0 Å². The van der Waals surface area contributed by atoms with Crippen LogP contribution in [0.2, 0.25) is 0 Å². The summed E-state index contributed by atoms with van der Waals surface area (Å²) in [7, 11) is 2.15. The lowest BCUT2D eigenvalue weighted by atomic mass is 9.82. The smallest absolute Gasteiger partial charge is 0.0546 e. The Labute approximate surface area is 87.1 Å². The predicted octanol–water partition coefficient (Wildman–Crippen LogP) is 1.12. The molecule has 0 aromatic rings. The number of hydrogen-bond donors (Lipinski definition) is 1. The number of nitrogens with zero attached hydrogens (tertiary/aromatic N) is 1. The first kappa shape index (κ1) is 12.0. The summed E-state index contributed by atoms with van der Waals surface area (Å²) in [5.74, 6) is 0.724. The number of hydrogen-bond acceptors (Lipinski definition) is 3. The molecule has 84 valence electrons. The first-order valence-electron chi connectivity index (χ1n) is 5.66. The molecule has 3 nitrogen and oxygen atoms in total. The van der Waals surface area contributed by atoms with Crippen LogP contribution in [-0.2, 0) is 4.74 Å². The van der Waals surface area contributed by atoms with Crippen molar-refractivity contribution in [1.29, 1.82) is 0 Å². The van der Waals surface area contributed by atoms with Crippen molar-refractivity contribution in [1.82, 2.24) is 4.90 Å². The Hall–Kier alpha value is -0.120. The van der Waals surface area contributed by atoms with Crippen LogP contribution in [0.1, 0.15) is 26.2 Å². The molecule has 0 spiro atoms. The van der Waals surface area contributed by atoms with E-state index in [-0.39, 0.29) is 6.10 Å². The number of rotatable bonds is 7. The van der Waals surface area contributed by atoms with E-state index in [9.17, 15) is 0 Å². The summed E-state index contributed by atoms with van der Waals surface area (Å²) < 4.78 is 5.28. The maximum absolute atomic E-state index is 9.14. The van der Waals surface area contributed by atoms with Crippen LogP contribution in [0.3, 0.4) is 0 Å². The molecule has 1 fully saturated rings. The number of aliphatic hydroxyl groups excluding tert-OH is 1. The van der Waals surface area contributed by atoms with Gasteiger partial charge in [0.15, 0.2) is 0 Å². The third-order valence-corrected chi connectivity index (χ3v) is 2.81. The quantitative estimate of drug-likeness (QED) is 0.626. The molecule has 1 N–H and O–H groups in total. The second-order valence-electron chi connectivity index (χ2n) is 4.30. The molecule has 0 saturated heterocycles. The van der Waals surface area contributed by atoms with Gasteiger partial charge in [-0.25, -0.2) is 0 Å². The lowest BCUT2D eigenvalue weighted by Crippen LogP contribution is -2.37. The summed E-state index contributed by atoms with van der Waals surface area (Å²) in [5.41, 5.74) is 0. The van der Waals surface area contributed by atoms with Gasteiger partial charge in [0, 0.05) is 26.3 Å². The molecule has 0 bridgehead atoms. The van der Waals surface area contributed by atoms with E-state index in [0.717, 1.165) is 51.5 Å². The molecule has 1 aliphatic rings. The highest BCUT2D eigenvalue weighted by molar-refractivity contribution is 4.80. The van der Waals surface area contributed by atoms with E-state index in [2.05, 4.69) is 11.9 Å². The highest BCUT2D eigenvalue weighted by atomic mass is 16.5. The van der Waals surface area contributed by atoms with Crippen molar-refractivity contribution in [3.05, 3.63) is 0 Å². The average Bonchev–Trinajstić information content (AvgIpc) is 2.10. The minimum atomic E-state index is -0.0168. The normalized spacial score (nSPS) is 26.6. The fourth-order valence-corrected chi connectivity index (χ4v) is 1.96. The Morgan fingerprint density at radius 2 is 2.14 bits per heavy atom. The third kappa shape index (κ3) is 4.40. The molecule has 1 aliphatic carbocycles. The summed E-state index contributed by atoms with van der Waals surface area (Å²) >= 11 is 0. The zero-order valence-corrected chi connectivity index (χ0v) is 9.41. The van der Waals surface area contributed by atoms with Crippen LogP contribution < -0.4 is 0 Å². The van der Waals surface area contributed by atoms with Gasteiger partial charge in [-0.3, -0.25) is 0 Å². The molecule has 0 radical (unpaired) electrons. The van der Waals surface area contributed by atoms with Gasteiger partial charge in [0.05, 0.1) is 6.10 Å². The van der Waals surface area contributed by atoms with Gasteiger partial charge in [0.2, 0.25) is 0 Å². The van der Waals surface area contributed by atoms with Crippen LogP contribution in [0.5, 0.6) is 0 Å². The lowest BCUT2D eigenvalue weighted by Gasteiger charge is -2.34. The minimum Gasteiger partial charge on any atom is -0.393 e. The van der Waals surface area contributed by atoms with Gasteiger partial charge in [-0.2, -0.15) is 0 Å². The minimum absolute atomic E-state index is 0.0168. The van der Waals surface area contributed by atoms with Gasteiger partial charge >= 0.3 is 0 Å². The van der Waals surface area contributed by atoms with Gasteiger partial charge in [-0.05, 0) is 39.2 Å². The van der Waals surface area contributed by atoms with Crippen LogP contribution in [0.25, 0.3) is 0 Å². The molecule has 0 aromatic heterocycles. The maximum Gasteiger partial charge on any atom is 0.0546 e. The van der Waals surface area contributed by atoms with E-state index < -0.39 is 0 Å². The second-order valence-corrected chi connectivity index (χ2v) is 4.30. The van der Waals surface area contributed by atoms with Crippen molar-refractivity contribution < 1.29 is 9.84 Å². The molecule has 0 unspecified atom stereocenters. The summed E-state index contributed by atoms with van der Waals surface area (Å²) in [6, 6.07) is 0.